The summed E-state index contributed by atoms with van der Waals surface area (Å²) in [4.78, 5) is 15.0. The van der Waals surface area contributed by atoms with E-state index in [0.29, 0.717) is 0 Å². The molecule has 1 aromatic rings. The number of hydrogen-bond donors (Lipinski definition) is 1. The lowest BCUT2D eigenvalue weighted by Gasteiger charge is -2.26. The third-order valence-corrected chi connectivity index (χ3v) is 4.58. The molecule has 94 valence electrons. The Labute approximate surface area is 114 Å². The average molecular weight is 317 g/mol. The first kappa shape index (κ1) is 13.1. The van der Waals surface area contributed by atoms with Gasteiger partial charge in [0.2, 0.25) is 0 Å². The number of piperidine rings is 1. The second-order valence-electron chi connectivity index (χ2n) is 4.26. The van der Waals surface area contributed by atoms with Gasteiger partial charge in [0.1, 0.15) is 0 Å². The van der Waals surface area contributed by atoms with Crippen LogP contribution in [0.4, 0.5) is 0 Å². The van der Waals surface area contributed by atoms with E-state index in [1.54, 1.807) is 0 Å². The standard InChI is InChI=1S/C12H17BrN2OS/c13-11-5-4-10(17-11)12(16)14-6-9-15-7-2-1-3-8-15/h4-5H,1-3,6-9H2,(H,14,16). The van der Waals surface area contributed by atoms with Crippen LogP contribution in [-0.4, -0.2) is 37.0 Å². The number of carbonyl (C=O) groups is 1. The largest absolute Gasteiger partial charge is 0.350 e. The van der Waals surface area contributed by atoms with Crippen molar-refractivity contribution in [2.24, 2.45) is 0 Å². The van der Waals surface area contributed by atoms with Gasteiger partial charge in [0, 0.05) is 13.1 Å². The van der Waals surface area contributed by atoms with Crippen molar-refractivity contribution in [1.82, 2.24) is 10.2 Å². The first-order valence-corrected chi connectivity index (χ1v) is 7.62. The Morgan fingerprint density at radius 3 is 2.76 bits per heavy atom. The van der Waals surface area contributed by atoms with Gasteiger partial charge in [-0.25, -0.2) is 0 Å². The van der Waals surface area contributed by atoms with Crippen molar-refractivity contribution in [2.45, 2.75) is 19.3 Å². The molecule has 0 bridgehead atoms. The highest BCUT2D eigenvalue weighted by Gasteiger charge is 2.11. The molecular formula is C12H17BrN2OS. The molecule has 1 amide bonds. The molecule has 1 aromatic heterocycles. The van der Waals surface area contributed by atoms with Crippen LogP contribution in [0.3, 0.4) is 0 Å². The van der Waals surface area contributed by atoms with E-state index < -0.39 is 0 Å². The average Bonchev–Trinajstić information content (AvgIpc) is 2.77. The Balaban J connectivity index is 1.69. The van der Waals surface area contributed by atoms with E-state index >= 15 is 0 Å². The number of amides is 1. The summed E-state index contributed by atoms with van der Waals surface area (Å²) in [7, 11) is 0. The van der Waals surface area contributed by atoms with Gasteiger partial charge in [-0.05, 0) is 54.0 Å². The Kier molecular flexibility index (Phi) is 5.00. The van der Waals surface area contributed by atoms with E-state index in [1.807, 2.05) is 12.1 Å². The Morgan fingerprint density at radius 1 is 1.35 bits per heavy atom. The molecule has 3 nitrogen and oxygen atoms in total. The molecule has 2 rings (SSSR count). The lowest BCUT2D eigenvalue weighted by molar-refractivity contribution is 0.0950. The molecule has 1 saturated heterocycles. The zero-order chi connectivity index (χ0) is 12.1. The van der Waals surface area contributed by atoms with Crippen LogP contribution >= 0.6 is 27.3 Å². The Morgan fingerprint density at radius 2 is 2.12 bits per heavy atom. The molecule has 0 saturated carbocycles. The predicted octanol–water partition coefficient (Wildman–Crippen LogP) is 2.73. The van der Waals surface area contributed by atoms with Crippen LogP contribution < -0.4 is 5.32 Å². The normalized spacial score (nSPS) is 17.0. The maximum atomic E-state index is 11.8. The highest BCUT2D eigenvalue weighted by atomic mass is 79.9. The SMILES string of the molecule is O=C(NCCN1CCCCC1)c1ccc(Br)s1. The predicted molar refractivity (Wildman–Crippen MR) is 74.6 cm³/mol. The monoisotopic (exact) mass is 316 g/mol. The quantitative estimate of drug-likeness (QED) is 0.926. The van der Waals surface area contributed by atoms with Crippen molar-refractivity contribution in [2.75, 3.05) is 26.2 Å². The van der Waals surface area contributed by atoms with Crippen molar-refractivity contribution in [1.29, 1.82) is 0 Å². The van der Waals surface area contributed by atoms with Crippen molar-refractivity contribution >= 4 is 33.2 Å². The topological polar surface area (TPSA) is 32.3 Å². The maximum Gasteiger partial charge on any atom is 0.261 e. The minimum absolute atomic E-state index is 0.0395. The first-order chi connectivity index (χ1) is 8.25. The van der Waals surface area contributed by atoms with Crippen LogP contribution in [0.1, 0.15) is 28.9 Å². The van der Waals surface area contributed by atoms with E-state index in [9.17, 15) is 4.79 Å². The smallest absolute Gasteiger partial charge is 0.261 e. The molecule has 1 N–H and O–H groups in total. The zero-order valence-corrected chi connectivity index (χ0v) is 12.1. The Bertz CT molecular complexity index is 374. The molecule has 0 radical (unpaired) electrons. The number of hydrogen-bond acceptors (Lipinski definition) is 3. The molecule has 1 fully saturated rings. The van der Waals surface area contributed by atoms with Crippen LogP contribution in [0.15, 0.2) is 15.9 Å². The van der Waals surface area contributed by atoms with Crippen LogP contribution in [0.25, 0.3) is 0 Å². The molecule has 0 atom stereocenters. The zero-order valence-electron chi connectivity index (χ0n) is 9.75. The summed E-state index contributed by atoms with van der Waals surface area (Å²) < 4.78 is 0.999. The number of thiophene rings is 1. The van der Waals surface area contributed by atoms with Gasteiger partial charge < -0.3 is 10.2 Å². The Hall–Kier alpha value is -0.390. The van der Waals surface area contributed by atoms with Gasteiger partial charge in [-0.1, -0.05) is 6.42 Å². The first-order valence-electron chi connectivity index (χ1n) is 6.01. The summed E-state index contributed by atoms with van der Waals surface area (Å²) in [6.07, 6.45) is 3.95. The molecule has 1 aliphatic heterocycles. The number of rotatable bonds is 4. The fourth-order valence-electron chi connectivity index (χ4n) is 2.03. The van der Waals surface area contributed by atoms with Crippen LogP contribution in [0.5, 0.6) is 0 Å². The number of halogens is 1. The molecule has 17 heavy (non-hydrogen) atoms. The number of carbonyl (C=O) groups excluding carboxylic acids is 1. The summed E-state index contributed by atoms with van der Waals surface area (Å²) in [6.45, 7) is 4.08. The number of nitrogens with one attached hydrogen (secondary N) is 1. The lowest BCUT2D eigenvalue weighted by atomic mass is 10.1. The van der Waals surface area contributed by atoms with Crippen LogP contribution in [0, 0.1) is 0 Å². The number of nitrogens with zero attached hydrogens (tertiary/aromatic N) is 1. The third-order valence-electron chi connectivity index (χ3n) is 2.96. The lowest BCUT2D eigenvalue weighted by Crippen LogP contribution is -2.37. The molecule has 0 spiro atoms. The highest BCUT2D eigenvalue weighted by Crippen LogP contribution is 2.21. The summed E-state index contributed by atoms with van der Waals surface area (Å²) in [5.41, 5.74) is 0. The van der Waals surface area contributed by atoms with Crippen LogP contribution in [-0.2, 0) is 0 Å². The van der Waals surface area contributed by atoms with Gasteiger partial charge in [0.25, 0.3) is 5.91 Å². The summed E-state index contributed by atoms with van der Waals surface area (Å²) in [5, 5.41) is 2.97. The molecule has 5 heteroatoms. The van der Waals surface area contributed by atoms with E-state index in [0.717, 1.165) is 21.8 Å². The molecule has 0 aliphatic carbocycles. The van der Waals surface area contributed by atoms with Crippen molar-refractivity contribution in [3.8, 4) is 0 Å². The van der Waals surface area contributed by atoms with Gasteiger partial charge in [0.05, 0.1) is 8.66 Å². The van der Waals surface area contributed by atoms with E-state index in [2.05, 4.69) is 26.1 Å². The highest BCUT2D eigenvalue weighted by molar-refractivity contribution is 9.11. The molecular weight excluding hydrogens is 300 g/mol. The third kappa shape index (κ3) is 4.08. The number of likely N-dealkylation sites (tertiary alicyclic amines) is 1. The van der Waals surface area contributed by atoms with Crippen molar-refractivity contribution in [3.63, 3.8) is 0 Å². The van der Waals surface area contributed by atoms with Gasteiger partial charge >= 0.3 is 0 Å². The van der Waals surface area contributed by atoms with Gasteiger partial charge in [0.15, 0.2) is 0 Å². The fourth-order valence-corrected chi connectivity index (χ4v) is 3.34. The molecule has 2 heterocycles. The molecule has 1 aliphatic rings. The van der Waals surface area contributed by atoms with Gasteiger partial charge in [-0.15, -0.1) is 11.3 Å². The molecule has 0 aromatic carbocycles. The van der Waals surface area contributed by atoms with Crippen molar-refractivity contribution < 1.29 is 4.79 Å². The summed E-state index contributed by atoms with van der Waals surface area (Å²) >= 11 is 4.83. The van der Waals surface area contributed by atoms with E-state index in [-0.39, 0.29) is 5.91 Å². The van der Waals surface area contributed by atoms with Crippen molar-refractivity contribution in [3.05, 3.63) is 20.8 Å². The van der Waals surface area contributed by atoms with E-state index in [4.69, 9.17) is 0 Å². The van der Waals surface area contributed by atoms with Gasteiger partial charge in [-0.2, -0.15) is 0 Å². The second-order valence-corrected chi connectivity index (χ2v) is 6.72. The maximum absolute atomic E-state index is 11.8. The summed E-state index contributed by atoms with van der Waals surface area (Å²) in [5.74, 6) is 0.0395. The fraction of sp³-hybridized carbons (Fsp3) is 0.583. The molecule has 0 unspecified atom stereocenters. The van der Waals surface area contributed by atoms with Crippen LogP contribution in [0.2, 0.25) is 0 Å². The van der Waals surface area contributed by atoms with Gasteiger partial charge in [-0.3, -0.25) is 4.79 Å². The minimum atomic E-state index is 0.0395. The van der Waals surface area contributed by atoms with E-state index in [1.165, 1.54) is 43.7 Å². The second kappa shape index (κ2) is 6.52. The minimum Gasteiger partial charge on any atom is -0.350 e. The summed E-state index contributed by atoms with van der Waals surface area (Å²) in [6, 6.07) is 3.76.